The summed E-state index contributed by atoms with van der Waals surface area (Å²) >= 11 is 0. The average molecular weight is 303 g/mol. The first kappa shape index (κ1) is 16.4. The van der Waals surface area contributed by atoms with E-state index in [-0.39, 0.29) is 17.8 Å². The zero-order valence-electron chi connectivity index (χ0n) is 12.9. The number of benzene rings is 1. The van der Waals surface area contributed by atoms with E-state index in [1.165, 1.54) is 37.1 Å². The van der Waals surface area contributed by atoms with Gasteiger partial charge in [0, 0.05) is 0 Å². The number of hydrogen-bond donors (Lipinski definition) is 1. The van der Waals surface area contributed by atoms with Gasteiger partial charge in [0.15, 0.2) is 0 Å². The Morgan fingerprint density at radius 2 is 1.82 bits per heavy atom. The number of carbonyl (C=O) groups is 1. The van der Waals surface area contributed by atoms with Crippen LogP contribution in [0.4, 0.5) is 4.39 Å². The van der Waals surface area contributed by atoms with Gasteiger partial charge in [-0.1, -0.05) is 25.0 Å². The summed E-state index contributed by atoms with van der Waals surface area (Å²) in [5.41, 5.74) is 0.598. The number of nitriles is 1. The van der Waals surface area contributed by atoms with Crippen molar-refractivity contribution in [2.24, 2.45) is 0 Å². The Hall–Kier alpha value is -1.93. The fraction of sp³-hybridized carbons (Fsp3) is 0.529. The van der Waals surface area contributed by atoms with E-state index < -0.39 is 6.04 Å². The molecular weight excluding hydrogens is 281 g/mol. The third-order valence-corrected chi connectivity index (χ3v) is 4.19. The number of hydrogen-bond acceptors (Lipinski definition) is 3. The second-order valence-electron chi connectivity index (χ2n) is 5.75. The molecule has 1 aliphatic heterocycles. The van der Waals surface area contributed by atoms with Gasteiger partial charge in [0.2, 0.25) is 5.91 Å². The maximum atomic E-state index is 12.9. The molecule has 2 rings (SSSR count). The van der Waals surface area contributed by atoms with Gasteiger partial charge >= 0.3 is 0 Å². The Balaban J connectivity index is 1.99. The van der Waals surface area contributed by atoms with Crippen molar-refractivity contribution in [2.75, 3.05) is 13.1 Å². The highest BCUT2D eigenvalue weighted by Crippen LogP contribution is 2.16. The molecule has 0 aliphatic carbocycles. The van der Waals surface area contributed by atoms with Crippen molar-refractivity contribution in [3.63, 3.8) is 0 Å². The van der Waals surface area contributed by atoms with Crippen molar-refractivity contribution in [3.8, 4) is 6.07 Å². The summed E-state index contributed by atoms with van der Waals surface area (Å²) in [4.78, 5) is 14.6. The molecule has 1 N–H and O–H groups in total. The Morgan fingerprint density at radius 1 is 1.23 bits per heavy atom. The summed E-state index contributed by atoms with van der Waals surface area (Å²) in [5, 5.41) is 12.0. The molecular formula is C17H22FN3O. The van der Waals surface area contributed by atoms with E-state index in [9.17, 15) is 14.4 Å². The van der Waals surface area contributed by atoms with Crippen LogP contribution in [-0.2, 0) is 4.79 Å². The van der Waals surface area contributed by atoms with Crippen molar-refractivity contribution in [1.82, 2.24) is 10.2 Å². The van der Waals surface area contributed by atoms with Crippen LogP contribution in [0, 0.1) is 17.1 Å². The molecule has 5 heteroatoms. The van der Waals surface area contributed by atoms with E-state index in [1.54, 1.807) is 0 Å². The summed E-state index contributed by atoms with van der Waals surface area (Å²) in [6, 6.07) is 6.71. The Kier molecular flexibility index (Phi) is 5.91. The molecule has 0 bridgehead atoms. The molecule has 0 aromatic heterocycles. The van der Waals surface area contributed by atoms with Crippen LogP contribution in [0.3, 0.4) is 0 Å². The highest BCUT2D eigenvalue weighted by atomic mass is 19.1. The molecule has 118 valence electrons. The van der Waals surface area contributed by atoms with E-state index in [4.69, 9.17) is 0 Å². The van der Waals surface area contributed by atoms with E-state index >= 15 is 0 Å². The highest BCUT2D eigenvalue weighted by molar-refractivity contribution is 5.82. The molecule has 0 spiro atoms. The van der Waals surface area contributed by atoms with Crippen LogP contribution in [0.2, 0.25) is 0 Å². The maximum Gasteiger partial charge on any atom is 0.238 e. The predicted octanol–water partition coefficient (Wildman–Crippen LogP) is 2.77. The number of amides is 1. The van der Waals surface area contributed by atoms with Gasteiger partial charge in [-0.25, -0.2) is 4.39 Å². The van der Waals surface area contributed by atoms with E-state index in [1.807, 2.05) is 6.92 Å². The van der Waals surface area contributed by atoms with Crippen molar-refractivity contribution in [3.05, 3.63) is 35.6 Å². The van der Waals surface area contributed by atoms with Crippen molar-refractivity contribution < 1.29 is 9.18 Å². The molecule has 4 nitrogen and oxygen atoms in total. The predicted molar refractivity (Wildman–Crippen MR) is 82.4 cm³/mol. The zero-order chi connectivity index (χ0) is 15.9. The molecule has 1 aromatic rings. The fourth-order valence-corrected chi connectivity index (χ4v) is 2.76. The zero-order valence-corrected chi connectivity index (χ0v) is 12.9. The minimum atomic E-state index is -0.748. The third-order valence-electron chi connectivity index (χ3n) is 4.19. The molecule has 1 amide bonds. The van der Waals surface area contributed by atoms with Crippen LogP contribution < -0.4 is 5.32 Å². The summed E-state index contributed by atoms with van der Waals surface area (Å²) in [6.45, 7) is 3.71. The molecule has 2 atom stereocenters. The number of nitrogens with zero attached hydrogens (tertiary/aromatic N) is 2. The number of halogens is 1. The standard InChI is InChI=1S/C17H22FN3O/c1-13(21-10-4-2-3-5-11-21)17(22)20-16(12-19)14-6-8-15(18)9-7-14/h6-9,13,16H,2-5,10-11H2,1H3,(H,20,22). The van der Waals surface area contributed by atoms with E-state index in [0.717, 1.165) is 25.9 Å². The SMILES string of the molecule is CC(C(=O)NC(C#N)c1ccc(F)cc1)N1CCCCCC1. The van der Waals surface area contributed by atoms with Gasteiger partial charge in [0.25, 0.3) is 0 Å². The largest absolute Gasteiger partial charge is 0.335 e. The number of carbonyl (C=O) groups excluding carboxylic acids is 1. The van der Waals surface area contributed by atoms with Gasteiger partial charge in [0.05, 0.1) is 12.1 Å². The smallest absolute Gasteiger partial charge is 0.238 e. The normalized spacial score (nSPS) is 18.8. The lowest BCUT2D eigenvalue weighted by atomic mass is 10.1. The van der Waals surface area contributed by atoms with Crippen molar-refractivity contribution in [1.29, 1.82) is 5.26 Å². The van der Waals surface area contributed by atoms with Crippen LogP contribution in [0.5, 0.6) is 0 Å². The molecule has 22 heavy (non-hydrogen) atoms. The van der Waals surface area contributed by atoms with Crippen molar-refractivity contribution >= 4 is 5.91 Å². The van der Waals surface area contributed by atoms with Gasteiger partial charge in [-0.05, 0) is 50.6 Å². The molecule has 1 heterocycles. The van der Waals surface area contributed by atoms with E-state index in [2.05, 4.69) is 16.3 Å². The van der Waals surface area contributed by atoms with Gasteiger partial charge in [-0.15, -0.1) is 0 Å². The van der Waals surface area contributed by atoms with Crippen LogP contribution in [0.15, 0.2) is 24.3 Å². The van der Waals surface area contributed by atoms with Gasteiger partial charge < -0.3 is 5.32 Å². The summed E-state index contributed by atoms with van der Waals surface area (Å²) in [6.07, 6.45) is 4.64. The number of likely N-dealkylation sites (tertiary alicyclic amines) is 1. The lowest BCUT2D eigenvalue weighted by molar-refractivity contribution is -0.126. The number of nitrogens with one attached hydrogen (secondary N) is 1. The fourth-order valence-electron chi connectivity index (χ4n) is 2.76. The molecule has 1 aliphatic rings. The highest BCUT2D eigenvalue weighted by Gasteiger charge is 2.24. The number of rotatable bonds is 4. The lowest BCUT2D eigenvalue weighted by Crippen LogP contribution is -2.46. The first-order chi connectivity index (χ1) is 10.6. The van der Waals surface area contributed by atoms with Gasteiger partial charge in [-0.2, -0.15) is 5.26 Å². The molecule has 1 saturated heterocycles. The Morgan fingerprint density at radius 3 is 2.36 bits per heavy atom. The maximum absolute atomic E-state index is 12.9. The van der Waals surface area contributed by atoms with Crippen LogP contribution in [-0.4, -0.2) is 29.9 Å². The van der Waals surface area contributed by atoms with Gasteiger partial charge in [-0.3, -0.25) is 9.69 Å². The van der Waals surface area contributed by atoms with Crippen molar-refractivity contribution in [2.45, 2.75) is 44.7 Å². The molecule has 0 saturated carbocycles. The summed E-state index contributed by atoms with van der Waals surface area (Å²) < 4.78 is 12.9. The average Bonchev–Trinajstić information content (AvgIpc) is 2.81. The second-order valence-corrected chi connectivity index (χ2v) is 5.75. The second kappa shape index (κ2) is 7.90. The molecule has 0 radical (unpaired) electrons. The van der Waals surface area contributed by atoms with Crippen LogP contribution in [0.1, 0.15) is 44.2 Å². The molecule has 1 aromatic carbocycles. The molecule has 2 unspecified atom stereocenters. The topological polar surface area (TPSA) is 56.1 Å². The minimum Gasteiger partial charge on any atom is -0.335 e. The van der Waals surface area contributed by atoms with Crippen LogP contribution >= 0.6 is 0 Å². The Bertz CT molecular complexity index is 530. The minimum absolute atomic E-state index is 0.155. The molecule has 1 fully saturated rings. The van der Waals surface area contributed by atoms with Gasteiger partial charge in [0.1, 0.15) is 11.9 Å². The monoisotopic (exact) mass is 303 g/mol. The summed E-state index contributed by atoms with van der Waals surface area (Å²) in [7, 11) is 0. The van der Waals surface area contributed by atoms with E-state index in [0.29, 0.717) is 5.56 Å². The first-order valence-corrected chi connectivity index (χ1v) is 7.81. The third kappa shape index (κ3) is 4.28. The Labute approximate surface area is 130 Å². The lowest BCUT2D eigenvalue weighted by Gasteiger charge is -2.27. The summed E-state index contributed by atoms with van der Waals surface area (Å²) in [5.74, 6) is -0.512. The quantitative estimate of drug-likeness (QED) is 0.930. The first-order valence-electron chi connectivity index (χ1n) is 7.81. The van der Waals surface area contributed by atoms with Crippen LogP contribution in [0.25, 0.3) is 0 Å².